The molecule has 1 aliphatic heterocycles. The van der Waals surface area contributed by atoms with Gasteiger partial charge < -0.3 is 9.80 Å². The average molecular weight is 480 g/mol. The monoisotopic (exact) mass is 479 g/mol. The molecule has 0 fully saturated rings. The van der Waals surface area contributed by atoms with Gasteiger partial charge in [0, 0.05) is 29.7 Å². The summed E-state index contributed by atoms with van der Waals surface area (Å²) in [6.07, 6.45) is 6.34. The van der Waals surface area contributed by atoms with E-state index in [9.17, 15) is 0 Å². The molecule has 0 unspecified atom stereocenters. The van der Waals surface area contributed by atoms with Crippen LogP contribution in [0.5, 0.6) is 0 Å². The van der Waals surface area contributed by atoms with Crippen molar-refractivity contribution in [3.8, 4) is 11.1 Å². The summed E-state index contributed by atoms with van der Waals surface area (Å²) in [6.45, 7) is 10.8. The SMILES string of the molecule is Cc1[nH]nc(CCCCCN2CN(c3ccccc3)c3ncccc32)c1-c1ccc(C(C)(C)C)cc1. The first kappa shape index (κ1) is 24.1. The van der Waals surface area contributed by atoms with Crippen molar-refractivity contribution in [2.24, 2.45) is 0 Å². The van der Waals surface area contributed by atoms with Crippen LogP contribution in [0.15, 0.2) is 72.9 Å². The van der Waals surface area contributed by atoms with Gasteiger partial charge in [0.1, 0.15) is 0 Å². The predicted molar refractivity (Wildman–Crippen MR) is 150 cm³/mol. The maximum Gasteiger partial charge on any atom is 0.158 e. The summed E-state index contributed by atoms with van der Waals surface area (Å²) in [7, 11) is 0. The van der Waals surface area contributed by atoms with Gasteiger partial charge in [0.15, 0.2) is 5.82 Å². The number of H-pyrrole nitrogens is 1. The van der Waals surface area contributed by atoms with Crippen LogP contribution in [0.2, 0.25) is 0 Å². The van der Waals surface area contributed by atoms with Gasteiger partial charge in [-0.1, -0.05) is 69.7 Å². The zero-order chi connectivity index (χ0) is 25.1. The third-order valence-corrected chi connectivity index (χ3v) is 7.15. The number of rotatable bonds is 8. The first-order valence-electron chi connectivity index (χ1n) is 13.1. The standard InChI is InChI=1S/C31H37N5/c1-23-29(24-16-18-25(19-17-24)31(2,3)4)27(34-33-23)14-9-6-10-21-35-22-36(26-12-7-5-8-13-26)30-28(35)15-11-20-32-30/h5,7-8,11-13,15-20H,6,9-10,14,21-22H2,1-4H3,(H,33,34). The van der Waals surface area contributed by atoms with Gasteiger partial charge in [-0.25, -0.2) is 4.98 Å². The van der Waals surface area contributed by atoms with E-state index in [2.05, 4.69) is 113 Å². The van der Waals surface area contributed by atoms with Crippen LogP contribution < -0.4 is 9.80 Å². The molecule has 0 saturated heterocycles. The number of anilines is 3. The van der Waals surface area contributed by atoms with Crippen molar-refractivity contribution in [2.45, 2.75) is 58.8 Å². The van der Waals surface area contributed by atoms with Gasteiger partial charge in [0.25, 0.3) is 0 Å². The van der Waals surface area contributed by atoms with Gasteiger partial charge >= 0.3 is 0 Å². The number of unbranched alkanes of at least 4 members (excludes halogenated alkanes) is 2. The number of nitrogens with zero attached hydrogens (tertiary/aromatic N) is 4. The van der Waals surface area contributed by atoms with E-state index in [-0.39, 0.29) is 5.41 Å². The zero-order valence-corrected chi connectivity index (χ0v) is 22.0. The van der Waals surface area contributed by atoms with Crippen LogP contribution in [0.3, 0.4) is 0 Å². The van der Waals surface area contributed by atoms with E-state index in [1.807, 2.05) is 12.3 Å². The highest BCUT2D eigenvalue weighted by Crippen LogP contribution is 2.38. The summed E-state index contributed by atoms with van der Waals surface area (Å²) in [5, 5.41) is 7.89. The Labute approximate surface area is 215 Å². The third kappa shape index (κ3) is 5.01. The Kier molecular flexibility index (Phi) is 6.82. The van der Waals surface area contributed by atoms with Crippen molar-refractivity contribution in [3.05, 3.63) is 89.9 Å². The molecule has 0 bridgehead atoms. The summed E-state index contributed by atoms with van der Waals surface area (Å²) in [4.78, 5) is 9.44. The minimum absolute atomic E-state index is 0.164. The van der Waals surface area contributed by atoms with Crippen LogP contribution in [0.25, 0.3) is 11.1 Å². The summed E-state index contributed by atoms with van der Waals surface area (Å²) < 4.78 is 0. The second-order valence-corrected chi connectivity index (χ2v) is 10.8. The van der Waals surface area contributed by atoms with Crippen molar-refractivity contribution >= 4 is 17.2 Å². The molecule has 0 spiro atoms. The number of hydrogen-bond donors (Lipinski definition) is 1. The Morgan fingerprint density at radius 2 is 1.67 bits per heavy atom. The second kappa shape index (κ2) is 10.2. The molecule has 1 N–H and O–H groups in total. The van der Waals surface area contributed by atoms with E-state index in [1.165, 1.54) is 40.2 Å². The number of aromatic amines is 1. The fourth-order valence-electron chi connectivity index (χ4n) is 5.11. The fraction of sp³-hybridized carbons (Fsp3) is 0.355. The highest BCUT2D eigenvalue weighted by molar-refractivity contribution is 5.79. The molecule has 0 radical (unpaired) electrons. The Morgan fingerprint density at radius 1 is 0.889 bits per heavy atom. The number of hydrogen-bond acceptors (Lipinski definition) is 4. The Balaban J connectivity index is 1.18. The quantitative estimate of drug-likeness (QED) is 0.267. The molecule has 4 aromatic rings. The number of pyridine rings is 1. The normalized spacial score (nSPS) is 13.3. The summed E-state index contributed by atoms with van der Waals surface area (Å²) in [5.41, 5.74) is 8.80. The highest BCUT2D eigenvalue weighted by Gasteiger charge is 2.27. The molecule has 5 heteroatoms. The van der Waals surface area contributed by atoms with Gasteiger partial charge in [0.05, 0.1) is 18.1 Å². The molecule has 1 aliphatic rings. The van der Waals surface area contributed by atoms with Gasteiger partial charge in [-0.2, -0.15) is 5.10 Å². The summed E-state index contributed by atoms with van der Waals surface area (Å²) >= 11 is 0. The minimum atomic E-state index is 0.164. The first-order chi connectivity index (χ1) is 17.4. The van der Waals surface area contributed by atoms with Crippen molar-refractivity contribution < 1.29 is 0 Å². The summed E-state index contributed by atoms with van der Waals surface area (Å²) in [5.74, 6) is 1.05. The van der Waals surface area contributed by atoms with Crippen molar-refractivity contribution in [1.82, 2.24) is 15.2 Å². The smallest absolute Gasteiger partial charge is 0.158 e. The molecule has 186 valence electrons. The van der Waals surface area contributed by atoms with E-state index in [1.54, 1.807) is 0 Å². The fourth-order valence-corrected chi connectivity index (χ4v) is 5.11. The molecule has 36 heavy (non-hydrogen) atoms. The lowest BCUT2D eigenvalue weighted by Crippen LogP contribution is -2.28. The lowest BCUT2D eigenvalue weighted by atomic mass is 9.86. The molecule has 2 aromatic heterocycles. The Hall–Kier alpha value is -3.60. The number of fused-ring (bicyclic) bond motifs is 1. The van der Waals surface area contributed by atoms with E-state index in [0.29, 0.717) is 0 Å². The van der Waals surface area contributed by atoms with Gasteiger partial charge in [0.2, 0.25) is 0 Å². The average Bonchev–Trinajstić information content (AvgIpc) is 3.44. The largest absolute Gasteiger partial charge is 0.350 e. The van der Waals surface area contributed by atoms with Crippen LogP contribution in [-0.4, -0.2) is 28.4 Å². The molecule has 0 aliphatic carbocycles. The predicted octanol–water partition coefficient (Wildman–Crippen LogP) is 7.41. The molecule has 3 heterocycles. The number of aromatic nitrogens is 3. The molecular weight excluding hydrogens is 442 g/mol. The van der Waals surface area contributed by atoms with Crippen LogP contribution in [0.1, 0.15) is 57.0 Å². The molecular formula is C31H37N5. The van der Waals surface area contributed by atoms with Crippen LogP contribution in [-0.2, 0) is 11.8 Å². The second-order valence-electron chi connectivity index (χ2n) is 10.8. The van der Waals surface area contributed by atoms with Gasteiger partial charge in [-0.3, -0.25) is 5.10 Å². The minimum Gasteiger partial charge on any atom is -0.350 e. The first-order valence-corrected chi connectivity index (χ1v) is 13.1. The van der Waals surface area contributed by atoms with Crippen LogP contribution in [0, 0.1) is 6.92 Å². The molecule has 0 atom stereocenters. The number of benzene rings is 2. The molecule has 0 amide bonds. The number of aryl methyl sites for hydroxylation is 2. The van der Waals surface area contributed by atoms with Crippen LogP contribution >= 0.6 is 0 Å². The molecule has 5 nitrogen and oxygen atoms in total. The molecule has 5 rings (SSSR count). The van der Waals surface area contributed by atoms with E-state index in [0.717, 1.165) is 44.0 Å². The lowest BCUT2D eigenvalue weighted by molar-refractivity contribution is 0.590. The van der Waals surface area contributed by atoms with E-state index < -0.39 is 0 Å². The van der Waals surface area contributed by atoms with Gasteiger partial charge in [-0.05, 0) is 67.0 Å². The van der Waals surface area contributed by atoms with Crippen molar-refractivity contribution in [3.63, 3.8) is 0 Å². The molecule has 2 aromatic carbocycles. The van der Waals surface area contributed by atoms with Crippen molar-refractivity contribution in [2.75, 3.05) is 23.0 Å². The topological polar surface area (TPSA) is 48.1 Å². The van der Waals surface area contributed by atoms with Gasteiger partial charge in [-0.15, -0.1) is 0 Å². The number of para-hydroxylation sites is 1. The Bertz CT molecular complexity index is 1280. The molecule has 0 saturated carbocycles. The Morgan fingerprint density at radius 3 is 2.42 bits per heavy atom. The lowest BCUT2D eigenvalue weighted by Gasteiger charge is -2.21. The maximum atomic E-state index is 4.68. The van der Waals surface area contributed by atoms with E-state index >= 15 is 0 Å². The van der Waals surface area contributed by atoms with E-state index in [4.69, 9.17) is 0 Å². The summed E-state index contributed by atoms with van der Waals surface area (Å²) in [6, 6.07) is 23.8. The zero-order valence-electron chi connectivity index (χ0n) is 22.0. The van der Waals surface area contributed by atoms with Crippen LogP contribution in [0.4, 0.5) is 17.2 Å². The number of nitrogens with one attached hydrogen (secondary N) is 1. The maximum absolute atomic E-state index is 4.68. The van der Waals surface area contributed by atoms with Crippen molar-refractivity contribution in [1.29, 1.82) is 0 Å². The third-order valence-electron chi connectivity index (χ3n) is 7.15. The highest BCUT2D eigenvalue weighted by atomic mass is 15.4.